The molecule has 0 saturated heterocycles. The van der Waals surface area contributed by atoms with Gasteiger partial charge in [-0.3, -0.25) is 0 Å². The van der Waals surface area contributed by atoms with E-state index >= 15 is 0 Å². The second kappa shape index (κ2) is 6.33. The van der Waals surface area contributed by atoms with Crippen LogP contribution in [-0.4, -0.2) is 24.0 Å². The lowest BCUT2D eigenvalue weighted by Crippen LogP contribution is -2.06. The van der Waals surface area contributed by atoms with Crippen LogP contribution in [0, 0.1) is 6.92 Å². The van der Waals surface area contributed by atoms with E-state index in [1.54, 1.807) is 18.9 Å². The van der Waals surface area contributed by atoms with Crippen LogP contribution in [0.15, 0.2) is 24.3 Å². The van der Waals surface area contributed by atoms with Gasteiger partial charge in [0.1, 0.15) is 5.82 Å². The van der Waals surface area contributed by atoms with Crippen molar-refractivity contribution in [2.75, 3.05) is 20.0 Å². The molecular weight excluding hydrogens is 266 g/mol. The predicted octanol–water partition coefficient (Wildman–Crippen LogP) is 2.26. The topological polar surface area (TPSA) is 62.3 Å². The highest BCUT2D eigenvalue weighted by Gasteiger charge is 2.07. The molecule has 0 aliphatic rings. The minimum Gasteiger partial charge on any atom is -0.493 e. The van der Waals surface area contributed by atoms with Gasteiger partial charge in [-0.2, -0.15) is 5.10 Å². The molecule has 0 aliphatic heterocycles. The molecule has 0 spiro atoms. The first-order valence-electron chi connectivity index (χ1n) is 5.65. The number of nitrogen functional groups attached to an aromatic ring is 1. The van der Waals surface area contributed by atoms with Gasteiger partial charge in [0.15, 0.2) is 11.5 Å². The molecule has 6 heteroatoms. The first-order valence-corrected chi connectivity index (χ1v) is 5.65. The van der Waals surface area contributed by atoms with Crippen molar-refractivity contribution in [3.63, 3.8) is 0 Å². The molecule has 104 valence electrons. The molecule has 0 bridgehead atoms. The summed E-state index contributed by atoms with van der Waals surface area (Å²) in [5.74, 6) is 2.07. The number of aromatic nitrogens is 2. The van der Waals surface area contributed by atoms with Crippen LogP contribution in [0.2, 0.25) is 0 Å². The van der Waals surface area contributed by atoms with Gasteiger partial charge < -0.3 is 15.2 Å². The van der Waals surface area contributed by atoms with Crippen LogP contribution in [0.5, 0.6) is 11.5 Å². The first-order chi connectivity index (χ1) is 8.63. The molecule has 0 unspecified atom stereocenters. The number of benzene rings is 1. The number of rotatable bonds is 4. The van der Waals surface area contributed by atoms with E-state index in [9.17, 15) is 0 Å². The molecule has 5 nitrogen and oxygen atoms in total. The van der Waals surface area contributed by atoms with Crippen LogP contribution in [-0.2, 0) is 6.54 Å². The lowest BCUT2D eigenvalue weighted by molar-refractivity contribution is 0.354. The Morgan fingerprint density at radius 1 is 1.16 bits per heavy atom. The highest BCUT2D eigenvalue weighted by atomic mass is 35.5. The Hall–Kier alpha value is -1.88. The van der Waals surface area contributed by atoms with Crippen molar-refractivity contribution in [2.24, 2.45) is 0 Å². The molecule has 2 rings (SSSR count). The second-order valence-electron chi connectivity index (χ2n) is 4.06. The lowest BCUT2D eigenvalue weighted by atomic mass is 10.2. The zero-order chi connectivity index (χ0) is 13.1. The quantitative estimate of drug-likeness (QED) is 0.935. The smallest absolute Gasteiger partial charge is 0.161 e. The third kappa shape index (κ3) is 3.32. The molecule has 1 heterocycles. The number of nitrogens with two attached hydrogens (primary N) is 1. The fraction of sp³-hybridized carbons (Fsp3) is 0.308. The summed E-state index contributed by atoms with van der Waals surface area (Å²) < 4.78 is 12.2. The summed E-state index contributed by atoms with van der Waals surface area (Å²) in [4.78, 5) is 0. The second-order valence-corrected chi connectivity index (χ2v) is 4.06. The Labute approximate surface area is 118 Å². The maximum atomic E-state index is 5.86. The minimum atomic E-state index is 0. The molecule has 0 aliphatic carbocycles. The molecule has 0 fully saturated rings. The fourth-order valence-corrected chi connectivity index (χ4v) is 1.84. The number of aryl methyl sites for hydroxylation is 1. The van der Waals surface area contributed by atoms with E-state index < -0.39 is 0 Å². The first kappa shape index (κ1) is 15.2. The molecule has 0 atom stereocenters. The summed E-state index contributed by atoms with van der Waals surface area (Å²) in [6.07, 6.45) is 0. The number of methoxy groups -OCH3 is 2. The van der Waals surface area contributed by atoms with Crippen LogP contribution >= 0.6 is 12.4 Å². The molecule has 0 amide bonds. The van der Waals surface area contributed by atoms with Crippen LogP contribution < -0.4 is 15.2 Å². The minimum absolute atomic E-state index is 0. The molecule has 19 heavy (non-hydrogen) atoms. The van der Waals surface area contributed by atoms with Crippen molar-refractivity contribution in [3.8, 4) is 11.5 Å². The van der Waals surface area contributed by atoms with E-state index in [0.717, 1.165) is 11.3 Å². The van der Waals surface area contributed by atoms with E-state index in [1.807, 2.05) is 31.2 Å². The summed E-state index contributed by atoms with van der Waals surface area (Å²) in [5, 5.41) is 4.32. The van der Waals surface area contributed by atoms with Crippen LogP contribution in [0.4, 0.5) is 5.82 Å². The molecule has 1 aromatic heterocycles. The van der Waals surface area contributed by atoms with E-state index in [0.29, 0.717) is 23.9 Å². The highest BCUT2D eigenvalue weighted by molar-refractivity contribution is 5.85. The average Bonchev–Trinajstić information content (AvgIpc) is 2.67. The summed E-state index contributed by atoms with van der Waals surface area (Å²) in [6.45, 7) is 2.53. The Balaban J connectivity index is 0.00000180. The van der Waals surface area contributed by atoms with Crippen LogP contribution in [0.1, 0.15) is 11.3 Å². The highest BCUT2D eigenvalue weighted by Crippen LogP contribution is 2.28. The average molecular weight is 284 g/mol. The van der Waals surface area contributed by atoms with Gasteiger partial charge in [0.2, 0.25) is 0 Å². The monoisotopic (exact) mass is 283 g/mol. The number of anilines is 1. The van der Waals surface area contributed by atoms with Crippen molar-refractivity contribution in [1.29, 1.82) is 0 Å². The van der Waals surface area contributed by atoms with Crippen molar-refractivity contribution >= 4 is 18.2 Å². The summed E-state index contributed by atoms with van der Waals surface area (Å²) in [7, 11) is 3.24. The van der Waals surface area contributed by atoms with Crippen molar-refractivity contribution in [2.45, 2.75) is 13.5 Å². The summed E-state index contributed by atoms with van der Waals surface area (Å²) >= 11 is 0. The van der Waals surface area contributed by atoms with Crippen molar-refractivity contribution in [3.05, 3.63) is 35.5 Å². The molecular formula is C13H18ClN3O2. The van der Waals surface area contributed by atoms with Crippen molar-refractivity contribution in [1.82, 2.24) is 9.78 Å². The largest absolute Gasteiger partial charge is 0.493 e. The normalized spacial score (nSPS) is 9.84. The van der Waals surface area contributed by atoms with E-state index in [1.165, 1.54) is 0 Å². The van der Waals surface area contributed by atoms with Gasteiger partial charge in [0.25, 0.3) is 0 Å². The Bertz CT molecular complexity index is 555. The van der Waals surface area contributed by atoms with E-state index in [-0.39, 0.29) is 12.4 Å². The lowest BCUT2D eigenvalue weighted by Gasteiger charge is -2.10. The van der Waals surface area contributed by atoms with Crippen molar-refractivity contribution < 1.29 is 9.47 Å². The molecule has 2 aromatic rings. The van der Waals surface area contributed by atoms with Crippen LogP contribution in [0.25, 0.3) is 0 Å². The standard InChI is InChI=1S/C13H17N3O2.ClH/c1-9-6-13(14)16(15-9)8-10-4-5-11(17-2)12(7-10)18-3;/h4-7H,8,14H2,1-3H3;1H. The van der Waals surface area contributed by atoms with Gasteiger partial charge in [0, 0.05) is 6.07 Å². The SMILES string of the molecule is COc1ccc(Cn2nc(C)cc2N)cc1OC.Cl. The molecule has 0 saturated carbocycles. The van der Waals surface area contributed by atoms with Gasteiger partial charge in [-0.05, 0) is 24.6 Å². The Kier molecular flexibility index (Phi) is 5.06. The zero-order valence-corrected chi connectivity index (χ0v) is 12.0. The predicted molar refractivity (Wildman–Crippen MR) is 77.3 cm³/mol. The third-order valence-electron chi connectivity index (χ3n) is 2.71. The van der Waals surface area contributed by atoms with Crippen LogP contribution in [0.3, 0.4) is 0 Å². The van der Waals surface area contributed by atoms with Gasteiger partial charge in [-0.1, -0.05) is 6.07 Å². The molecule has 0 radical (unpaired) electrons. The molecule has 2 N–H and O–H groups in total. The van der Waals surface area contributed by atoms with Gasteiger partial charge in [-0.15, -0.1) is 12.4 Å². The van der Waals surface area contributed by atoms with E-state index in [4.69, 9.17) is 15.2 Å². The zero-order valence-electron chi connectivity index (χ0n) is 11.2. The maximum absolute atomic E-state index is 5.86. The number of nitrogens with zero attached hydrogens (tertiary/aromatic N) is 2. The maximum Gasteiger partial charge on any atom is 0.161 e. The van der Waals surface area contributed by atoms with Gasteiger partial charge in [-0.25, -0.2) is 4.68 Å². The number of ether oxygens (including phenoxy) is 2. The summed E-state index contributed by atoms with van der Waals surface area (Å²) in [5.41, 5.74) is 7.83. The number of halogens is 1. The number of hydrogen-bond acceptors (Lipinski definition) is 4. The molecule has 1 aromatic carbocycles. The van der Waals surface area contributed by atoms with E-state index in [2.05, 4.69) is 5.10 Å². The Morgan fingerprint density at radius 3 is 2.37 bits per heavy atom. The third-order valence-corrected chi connectivity index (χ3v) is 2.71. The Morgan fingerprint density at radius 2 is 1.84 bits per heavy atom. The number of hydrogen-bond donors (Lipinski definition) is 1. The fourth-order valence-electron chi connectivity index (χ4n) is 1.84. The summed E-state index contributed by atoms with van der Waals surface area (Å²) in [6, 6.07) is 7.62. The van der Waals surface area contributed by atoms with Gasteiger partial charge in [0.05, 0.1) is 26.5 Å². The van der Waals surface area contributed by atoms with Gasteiger partial charge >= 0.3 is 0 Å².